The summed E-state index contributed by atoms with van der Waals surface area (Å²) >= 11 is 3.34. The average molecular weight is 212 g/mol. The van der Waals surface area contributed by atoms with Crippen LogP contribution in [0, 0.1) is 6.92 Å². The molecule has 0 aromatic carbocycles. The highest BCUT2D eigenvalue weighted by molar-refractivity contribution is 9.10. The number of nitrogens with zero attached hydrogens (tertiary/aromatic N) is 3. The zero-order valence-corrected chi connectivity index (χ0v) is 7.54. The van der Waals surface area contributed by atoms with E-state index in [1.807, 2.05) is 19.2 Å². The zero-order valence-electron chi connectivity index (χ0n) is 5.95. The van der Waals surface area contributed by atoms with Crippen molar-refractivity contribution in [1.29, 1.82) is 0 Å². The quantitative estimate of drug-likeness (QED) is 0.666. The average Bonchev–Trinajstić information content (AvgIpc) is 2.31. The topological polar surface area (TPSA) is 30.2 Å². The lowest BCUT2D eigenvalue weighted by Crippen LogP contribution is -1.87. The lowest BCUT2D eigenvalue weighted by atomic mass is 10.4. The number of aryl methyl sites for hydroxylation is 1. The van der Waals surface area contributed by atoms with Crippen LogP contribution in [0.4, 0.5) is 0 Å². The van der Waals surface area contributed by atoms with Crippen molar-refractivity contribution in [3.05, 3.63) is 28.8 Å². The Hall–Kier alpha value is -0.900. The van der Waals surface area contributed by atoms with Crippen molar-refractivity contribution in [1.82, 2.24) is 14.6 Å². The summed E-state index contributed by atoms with van der Waals surface area (Å²) in [6, 6.07) is 1.98. The Morgan fingerprint density at radius 1 is 1.55 bits per heavy atom. The maximum atomic E-state index is 4.22. The van der Waals surface area contributed by atoms with Crippen molar-refractivity contribution >= 4 is 21.4 Å². The summed E-state index contributed by atoms with van der Waals surface area (Å²) in [4.78, 5) is 4.08. The van der Waals surface area contributed by atoms with Gasteiger partial charge in [-0.15, -0.1) is 0 Å². The van der Waals surface area contributed by atoms with Crippen LogP contribution in [0.25, 0.3) is 5.52 Å². The monoisotopic (exact) mass is 211 g/mol. The molecule has 0 atom stereocenters. The molecular weight excluding hydrogens is 206 g/mol. The van der Waals surface area contributed by atoms with E-state index in [0.717, 1.165) is 15.8 Å². The maximum Gasteiger partial charge on any atom is 0.131 e. The van der Waals surface area contributed by atoms with Crippen LogP contribution in [-0.2, 0) is 0 Å². The first-order chi connectivity index (χ1) is 5.27. The van der Waals surface area contributed by atoms with Crippen LogP contribution in [0.1, 0.15) is 5.69 Å². The van der Waals surface area contributed by atoms with Gasteiger partial charge in [-0.2, -0.15) is 5.10 Å². The third-order valence-corrected chi connectivity index (χ3v) is 2.08. The highest BCUT2D eigenvalue weighted by Crippen LogP contribution is 2.14. The Morgan fingerprint density at radius 3 is 3.09 bits per heavy atom. The first-order valence-electron chi connectivity index (χ1n) is 3.24. The van der Waals surface area contributed by atoms with E-state index in [9.17, 15) is 0 Å². The second kappa shape index (κ2) is 2.30. The summed E-state index contributed by atoms with van der Waals surface area (Å²) in [5, 5.41) is 4.22. The number of aromatic nitrogens is 3. The number of halogens is 1. The van der Waals surface area contributed by atoms with Gasteiger partial charge in [0.1, 0.15) is 4.60 Å². The molecule has 2 aromatic heterocycles. The largest absolute Gasteiger partial charge is 0.245 e. The van der Waals surface area contributed by atoms with E-state index in [1.165, 1.54) is 0 Å². The minimum Gasteiger partial charge on any atom is -0.245 e. The van der Waals surface area contributed by atoms with Gasteiger partial charge in [-0.1, -0.05) is 0 Å². The standard InChI is InChI=1S/C7H6BrN3/c1-5-4-6-7(8)9-2-3-11(6)10-5/h2-4H,1H3. The normalized spacial score (nSPS) is 10.7. The van der Waals surface area contributed by atoms with Gasteiger partial charge < -0.3 is 0 Å². The zero-order chi connectivity index (χ0) is 7.84. The number of hydrogen-bond donors (Lipinski definition) is 0. The smallest absolute Gasteiger partial charge is 0.131 e. The molecule has 4 heteroatoms. The lowest BCUT2D eigenvalue weighted by molar-refractivity contribution is 0.917. The van der Waals surface area contributed by atoms with Gasteiger partial charge in [-0.25, -0.2) is 9.50 Å². The van der Waals surface area contributed by atoms with E-state index in [0.29, 0.717) is 0 Å². The number of rotatable bonds is 0. The Labute approximate surface area is 72.2 Å². The van der Waals surface area contributed by atoms with E-state index >= 15 is 0 Å². The van der Waals surface area contributed by atoms with Crippen molar-refractivity contribution in [3.63, 3.8) is 0 Å². The molecule has 56 valence electrons. The molecule has 2 aromatic rings. The molecule has 0 aliphatic rings. The lowest BCUT2D eigenvalue weighted by Gasteiger charge is -1.91. The van der Waals surface area contributed by atoms with Crippen LogP contribution >= 0.6 is 15.9 Å². The third kappa shape index (κ3) is 1.03. The number of fused-ring (bicyclic) bond motifs is 1. The summed E-state index contributed by atoms with van der Waals surface area (Å²) in [7, 11) is 0. The van der Waals surface area contributed by atoms with Gasteiger partial charge in [0.2, 0.25) is 0 Å². The molecule has 0 bridgehead atoms. The third-order valence-electron chi connectivity index (χ3n) is 1.47. The second-order valence-corrected chi connectivity index (χ2v) is 3.08. The van der Waals surface area contributed by atoms with Gasteiger partial charge in [0.05, 0.1) is 11.2 Å². The molecule has 0 aliphatic carbocycles. The molecule has 0 fully saturated rings. The first kappa shape index (κ1) is 6.79. The summed E-state index contributed by atoms with van der Waals surface area (Å²) in [5.41, 5.74) is 2.00. The molecule has 0 amide bonds. The van der Waals surface area contributed by atoms with Gasteiger partial charge in [-0.05, 0) is 28.9 Å². The van der Waals surface area contributed by atoms with Gasteiger partial charge in [0.25, 0.3) is 0 Å². The van der Waals surface area contributed by atoms with E-state index in [1.54, 1.807) is 10.7 Å². The molecule has 3 nitrogen and oxygen atoms in total. The van der Waals surface area contributed by atoms with Crippen molar-refractivity contribution in [2.75, 3.05) is 0 Å². The molecule has 0 aliphatic heterocycles. The Balaban J connectivity index is 2.90. The van der Waals surface area contributed by atoms with Gasteiger partial charge in [0, 0.05) is 12.4 Å². The molecular formula is C7H6BrN3. The van der Waals surface area contributed by atoms with Crippen molar-refractivity contribution < 1.29 is 0 Å². The summed E-state index contributed by atoms with van der Waals surface area (Å²) < 4.78 is 2.63. The molecule has 2 heterocycles. The first-order valence-corrected chi connectivity index (χ1v) is 4.03. The van der Waals surface area contributed by atoms with Gasteiger partial charge in [0.15, 0.2) is 0 Å². The van der Waals surface area contributed by atoms with E-state index in [-0.39, 0.29) is 0 Å². The SMILES string of the molecule is Cc1cc2c(Br)nccn2n1. The van der Waals surface area contributed by atoms with Crippen LogP contribution < -0.4 is 0 Å². The molecule has 0 spiro atoms. The maximum absolute atomic E-state index is 4.22. The van der Waals surface area contributed by atoms with Crippen molar-refractivity contribution in [2.24, 2.45) is 0 Å². The van der Waals surface area contributed by atoms with Crippen molar-refractivity contribution in [2.45, 2.75) is 6.92 Å². The fraction of sp³-hybridized carbons (Fsp3) is 0.143. The molecule has 0 unspecified atom stereocenters. The molecule has 0 saturated carbocycles. The minimum atomic E-state index is 0.834. The van der Waals surface area contributed by atoms with Crippen LogP contribution in [0.5, 0.6) is 0 Å². The fourth-order valence-electron chi connectivity index (χ4n) is 1.01. The van der Waals surface area contributed by atoms with E-state index < -0.39 is 0 Å². The second-order valence-electron chi connectivity index (χ2n) is 2.33. The van der Waals surface area contributed by atoms with Crippen molar-refractivity contribution in [3.8, 4) is 0 Å². The van der Waals surface area contributed by atoms with Gasteiger partial charge >= 0.3 is 0 Å². The molecule has 0 radical (unpaired) electrons. The summed E-state index contributed by atoms with van der Waals surface area (Å²) in [5.74, 6) is 0. The highest BCUT2D eigenvalue weighted by Gasteiger charge is 2.00. The Bertz CT molecular complexity index is 393. The van der Waals surface area contributed by atoms with Crippen LogP contribution in [0.2, 0.25) is 0 Å². The molecule has 0 saturated heterocycles. The summed E-state index contributed by atoms with van der Waals surface area (Å²) in [6.45, 7) is 1.96. The molecule has 0 N–H and O–H groups in total. The van der Waals surface area contributed by atoms with Crippen LogP contribution in [-0.4, -0.2) is 14.6 Å². The van der Waals surface area contributed by atoms with Crippen LogP contribution in [0.3, 0.4) is 0 Å². The Kier molecular flexibility index (Phi) is 1.42. The predicted octanol–water partition coefficient (Wildman–Crippen LogP) is 1.80. The predicted molar refractivity (Wildman–Crippen MR) is 45.4 cm³/mol. The van der Waals surface area contributed by atoms with Crippen LogP contribution in [0.15, 0.2) is 23.1 Å². The summed E-state index contributed by atoms with van der Waals surface area (Å²) in [6.07, 6.45) is 3.54. The minimum absolute atomic E-state index is 0.834. The van der Waals surface area contributed by atoms with Gasteiger partial charge in [-0.3, -0.25) is 0 Å². The molecule has 11 heavy (non-hydrogen) atoms. The van der Waals surface area contributed by atoms with E-state index in [2.05, 4.69) is 26.0 Å². The fourth-order valence-corrected chi connectivity index (χ4v) is 1.43. The Morgan fingerprint density at radius 2 is 2.36 bits per heavy atom. The molecule has 2 rings (SSSR count). The number of hydrogen-bond acceptors (Lipinski definition) is 2. The highest BCUT2D eigenvalue weighted by atomic mass is 79.9. The van der Waals surface area contributed by atoms with E-state index in [4.69, 9.17) is 0 Å².